The zero-order chi connectivity index (χ0) is 22.3. The molecule has 0 fully saturated rings. The predicted molar refractivity (Wildman–Crippen MR) is 124 cm³/mol. The van der Waals surface area contributed by atoms with Crippen LogP contribution in [0.25, 0.3) is 11.1 Å². The molecule has 0 bridgehead atoms. The van der Waals surface area contributed by atoms with Crippen LogP contribution in [0.15, 0.2) is 36.7 Å². The van der Waals surface area contributed by atoms with E-state index in [1.165, 1.54) is 11.1 Å². The molecule has 1 aromatic carbocycles. The summed E-state index contributed by atoms with van der Waals surface area (Å²) in [6, 6.07) is 7.61. The van der Waals surface area contributed by atoms with E-state index in [1.807, 2.05) is 62.2 Å². The highest BCUT2D eigenvalue weighted by Gasteiger charge is 2.16. The van der Waals surface area contributed by atoms with Gasteiger partial charge in [0.05, 0.1) is 6.20 Å². The Hall–Kier alpha value is -2.66. The molecule has 30 heavy (non-hydrogen) atoms. The summed E-state index contributed by atoms with van der Waals surface area (Å²) in [5, 5.41) is 4.71. The first-order chi connectivity index (χ1) is 14.3. The molecule has 0 saturated carbocycles. The van der Waals surface area contributed by atoms with Crippen LogP contribution in [0, 0.1) is 6.92 Å². The zero-order valence-electron chi connectivity index (χ0n) is 18.5. The number of pyridine rings is 1. The molecule has 0 aliphatic rings. The average molecular weight is 427 g/mol. The van der Waals surface area contributed by atoms with Crippen LogP contribution in [0.5, 0.6) is 0 Å². The number of aryl methyl sites for hydroxylation is 4. The molecule has 0 aliphatic heterocycles. The van der Waals surface area contributed by atoms with Crippen molar-refractivity contribution in [2.75, 3.05) is 0 Å². The van der Waals surface area contributed by atoms with Gasteiger partial charge >= 0.3 is 0 Å². The summed E-state index contributed by atoms with van der Waals surface area (Å²) in [6.07, 6.45) is 7.71. The van der Waals surface area contributed by atoms with Crippen LogP contribution < -0.4 is 5.73 Å². The van der Waals surface area contributed by atoms with E-state index in [4.69, 9.17) is 17.3 Å². The van der Waals surface area contributed by atoms with Gasteiger partial charge in [-0.2, -0.15) is 5.10 Å². The summed E-state index contributed by atoms with van der Waals surface area (Å²) in [6.45, 7) is 8.33. The van der Waals surface area contributed by atoms with Gasteiger partial charge in [-0.3, -0.25) is 9.48 Å². The highest BCUT2D eigenvalue weighted by molar-refractivity contribution is 6.30. The maximum Gasteiger partial charge on any atom is 0.267 e. The normalized spacial score (nSPS) is 10.5. The first-order valence-electron chi connectivity index (χ1n) is 10.4. The van der Waals surface area contributed by atoms with Gasteiger partial charge in [-0.15, -0.1) is 0 Å². The number of aromatic nitrogens is 3. The van der Waals surface area contributed by atoms with Crippen molar-refractivity contribution in [2.45, 2.75) is 53.4 Å². The molecular formula is C24H31ClN4O. The van der Waals surface area contributed by atoms with Crippen LogP contribution in [0.3, 0.4) is 0 Å². The minimum Gasteiger partial charge on any atom is -0.364 e. The van der Waals surface area contributed by atoms with Crippen molar-refractivity contribution >= 4 is 17.5 Å². The van der Waals surface area contributed by atoms with Crippen LogP contribution in [-0.2, 0) is 26.3 Å². The van der Waals surface area contributed by atoms with E-state index in [9.17, 15) is 4.79 Å². The predicted octanol–water partition coefficient (Wildman–Crippen LogP) is 5.31. The SMILES string of the molecule is CCCc1c(-c2ccc(Cl)cc2C)cc(C(N)=O)nc1CC.CCc1cnn(C)c1. The molecule has 3 aromatic rings. The second-order valence-corrected chi connectivity index (χ2v) is 7.72. The minimum absolute atomic E-state index is 0.320. The quantitative estimate of drug-likeness (QED) is 0.580. The van der Waals surface area contributed by atoms with Gasteiger partial charge < -0.3 is 5.73 Å². The second kappa shape index (κ2) is 10.9. The third kappa shape index (κ3) is 5.92. The van der Waals surface area contributed by atoms with Crippen molar-refractivity contribution in [1.82, 2.24) is 14.8 Å². The average Bonchev–Trinajstić information content (AvgIpc) is 3.14. The lowest BCUT2D eigenvalue weighted by Crippen LogP contribution is -2.15. The summed E-state index contributed by atoms with van der Waals surface area (Å²) < 4.78 is 1.82. The lowest BCUT2D eigenvalue weighted by Gasteiger charge is -2.16. The number of rotatable bonds is 6. The molecule has 3 rings (SSSR count). The van der Waals surface area contributed by atoms with Crippen molar-refractivity contribution in [3.63, 3.8) is 0 Å². The summed E-state index contributed by atoms with van der Waals surface area (Å²) in [4.78, 5) is 16.0. The van der Waals surface area contributed by atoms with Crippen molar-refractivity contribution in [3.8, 4) is 11.1 Å². The van der Waals surface area contributed by atoms with Crippen molar-refractivity contribution in [1.29, 1.82) is 0 Å². The number of hydrogen-bond acceptors (Lipinski definition) is 3. The summed E-state index contributed by atoms with van der Waals surface area (Å²) in [5.41, 5.74) is 12.4. The Balaban J connectivity index is 0.000000335. The Bertz CT molecular complexity index is 1010. The standard InChI is InChI=1S/C18H21ClN2O.C6H10N2/c1-4-6-14-15(13-8-7-12(19)9-11(13)3)10-17(18(20)22)21-16(14)5-2;1-3-6-4-7-8(2)5-6/h7-10H,4-6H2,1-3H3,(H2,20,22);4-5H,3H2,1-2H3. The van der Waals surface area contributed by atoms with Crippen LogP contribution >= 0.6 is 11.6 Å². The molecule has 1 amide bonds. The number of primary amides is 1. The van der Waals surface area contributed by atoms with Gasteiger partial charge in [0.25, 0.3) is 5.91 Å². The van der Waals surface area contributed by atoms with Gasteiger partial charge in [0.2, 0.25) is 0 Å². The molecule has 0 atom stereocenters. The maximum absolute atomic E-state index is 11.6. The summed E-state index contributed by atoms with van der Waals surface area (Å²) in [7, 11) is 1.93. The van der Waals surface area contributed by atoms with Crippen LogP contribution in [0.2, 0.25) is 5.02 Å². The fourth-order valence-corrected chi connectivity index (χ4v) is 3.62. The topological polar surface area (TPSA) is 73.8 Å². The van der Waals surface area contributed by atoms with E-state index in [2.05, 4.69) is 23.9 Å². The van der Waals surface area contributed by atoms with Crippen molar-refractivity contribution in [3.05, 3.63) is 69.8 Å². The van der Waals surface area contributed by atoms with E-state index in [0.29, 0.717) is 10.7 Å². The third-order valence-corrected chi connectivity index (χ3v) is 5.18. The van der Waals surface area contributed by atoms with Gasteiger partial charge in [0.15, 0.2) is 0 Å². The number of hydrogen-bond donors (Lipinski definition) is 1. The molecule has 0 spiro atoms. The Morgan fingerprint density at radius 2 is 1.87 bits per heavy atom. The smallest absolute Gasteiger partial charge is 0.267 e. The van der Waals surface area contributed by atoms with E-state index in [-0.39, 0.29) is 0 Å². The lowest BCUT2D eigenvalue weighted by molar-refractivity contribution is 0.0995. The van der Waals surface area contributed by atoms with Gasteiger partial charge in [-0.1, -0.05) is 44.9 Å². The number of carbonyl (C=O) groups excluding carboxylic acids is 1. The number of amides is 1. The minimum atomic E-state index is -0.495. The van der Waals surface area contributed by atoms with E-state index in [0.717, 1.165) is 48.1 Å². The zero-order valence-corrected chi connectivity index (χ0v) is 19.3. The van der Waals surface area contributed by atoms with Crippen LogP contribution in [-0.4, -0.2) is 20.7 Å². The van der Waals surface area contributed by atoms with E-state index >= 15 is 0 Å². The summed E-state index contributed by atoms with van der Waals surface area (Å²) >= 11 is 6.06. The Kier molecular flexibility index (Phi) is 8.60. The number of carbonyl (C=O) groups is 1. The summed E-state index contributed by atoms with van der Waals surface area (Å²) in [5.74, 6) is -0.495. The molecular weight excluding hydrogens is 396 g/mol. The number of halogens is 1. The largest absolute Gasteiger partial charge is 0.364 e. The Morgan fingerprint density at radius 3 is 2.33 bits per heavy atom. The molecule has 0 radical (unpaired) electrons. The molecule has 160 valence electrons. The first-order valence-corrected chi connectivity index (χ1v) is 10.7. The van der Waals surface area contributed by atoms with E-state index < -0.39 is 5.91 Å². The monoisotopic (exact) mass is 426 g/mol. The highest BCUT2D eigenvalue weighted by Crippen LogP contribution is 2.32. The highest BCUT2D eigenvalue weighted by atomic mass is 35.5. The molecule has 2 heterocycles. The van der Waals surface area contributed by atoms with Gasteiger partial charge in [-0.25, -0.2) is 4.98 Å². The Morgan fingerprint density at radius 1 is 1.13 bits per heavy atom. The number of benzene rings is 1. The number of nitrogens with two attached hydrogens (primary N) is 1. The first kappa shape index (κ1) is 23.6. The molecule has 2 aromatic heterocycles. The van der Waals surface area contributed by atoms with Crippen LogP contribution in [0.4, 0.5) is 0 Å². The lowest BCUT2D eigenvalue weighted by atomic mass is 9.91. The fourth-order valence-electron chi connectivity index (χ4n) is 3.40. The maximum atomic E-state index is 11.6. The molecule has 0 unspecified atom stereocenters. The fraction of sp³-hybridized carbons (Fsp3) is 0.375. The number of nitrogens with zero attached hydrogens (tertiary/aromatic N) is 3. The molecule has 5 nitrogen and oxygen atoms in total. The molecule has 2 N–H and O–H groups in total. The van der Waals surface area contributed by atoms with E-state index in [1.54, 1.807) is 0 Å². The van der Waals surface area contributed by atoms with Crippen molar-refractivity contribution in [2.24, 2.45) is 12.8 Å². The molecule has 6 heteroatoms. The van der Waals surface area contributed by atoms with Gasteiger partial charge in [0, 0.05) is 24.0 Å². The van der Waals surface area contributed by atoms with Crippen LogP contribution in [0.1, 0.15) is 60.1 Å². The third-order valence-electron chi connectivity index (χ3n) is 4.94. The molecule has 0 saturated heterocycles. The molecule has 0 aliphatic carbocycles. The second-order valence-electron chi connectivity index (χ2n) is 7.28. The van der Waals surface area contributed by atoms with Gasteiger partial charge in [-0.05, 0) is 72.2 Å². The van der Waals surface area contributed by atoms with Gasteiger partial charge in [0.1, 0.15) is 5.69 Å². The Labute approximate surface area is 184 Å². The van der Waals surface area contributed by atoms with Crippen molar-refractivity contribution < 1.29 is 4.79 Å².